The van der Waals surface area contributed by atoms with Gasteiger partial charge in [-0.2, -0.15) is 0 Å². The number of hydrogen-bond donors (Lipinski definition) is 3. The number of β-amino-alcohol motifs (C(OH)–C–C–N with tert-alkyl or cyclic N) is 1. The maximum Gasteiger partial charge on any atom is 0.228 e. The van der Waals surface area contributed by atoms with Crippen molar-refractivity contribution < 1.29 is 9.90 Å². The first-order chi connectivity index (χ1) is 14.6. The van der Waals surface area contributed by atoms with Crippen LogP contribution in [0.4, 0.5) is 5.82 Å². The van der Waals surface area contributed by atoms with Crippen molar-refractivity contribution in [1.29, 1.82) is 0 Å². The van der Waals surface area contributed by atoms with Crippen molar-refractivity contribution in [3.05, 3.63) is 42.2 Å². The molecule has 0 atom stereocenters. The summed E-state index contributed by atoms with van der Waals surface area (Å²) in [4.78, 5) is 19.4. The first-order valence-electron chi connectivity index (χ1n) is 10.9. The number of nitrogens with zero attached hydrogens (tertiary/aromatic N) is 3. The molecule has 1 aliphatic rings. The Bertz CT molecular complexity index is 943. The number of benzene rings is 1. The zero-order valence-electron chi connectivity index (χ0n) is 19.3. The Hall–Kier alpha value is -2.48. The molecule has 3 rings (SSSR count). The number of amides is 1. The fraction of sp³-hybridized carbons (Fsp3) is 0.500. The minimum atomic E-state index is -0.709. The summed E-state index contributed by atoms with van der Waals surface area (Å²) in [6.07, 6.45) is 5.43. The second-order valence-corrected chi connectivity index (χ2v) is 9.13. The molecule has 0 aliphatic carbocycles. The quantitative estimate of drug-likeness (QED) is 0.592. The van der Waals surface area contributed by atoms with E-state index < -0.39 is 5.60 Å². The van der Waals surface area contributed by atoms with Crippen molar-refractivity contribution in [3.8, 4) is 0 Å². The Balaban J connectivity index is 1.66. The van der Waals surface area contributed by atoms with Gasteiger partial charge in [0.05, 0.1) is 5.60 Å². The zero-order chi connectivity index (χ0) is 22.6. The topological polar surface area (TPSA) is 80.7 Å². The van der Waals surface area contributed by atoms with Crippen LogP contribution in [-0.4, -0.2) is 65.2 Å². The number of anilines is 1. The normalized spacial score (nSPS) is 16.5. The van der Waals surface area contributed by atoms with Crippen molar-refractivity contribution in [2.75, 3.05) is 39.0 Å². The maximum absolute atomic E-state index is 12.8. The highest BCUT2D eigenvalue weighted by atomic mass is 16.3. The van der Waals surface area contributed by atoms with Crippen LogP contribution in [-0.2, 0) is 4.79 Å². The molecule has 7 nitrogen and oxygen atoms in total. The molecule has 7 heteroatoms. The third kappa shape index (κ3) is 6.50. The molecule has 0 unspecified atom stereocenters. The van der Waals surface area contributed by atoms with Crippen molar-refractivity contribution in [1.82, 2.24) is 20.3 Å². The van der Waals surface area contributed by atoms with Crippen LogP contribution in [0.1, 0.15) is 39.2 Å². The zero-order valence-corrected chi connectivity index (χ0v) is 19.3. The van der Waals surface area contributed by atoms with Gasteiger partial charge in [-0.1, -0.05) is 12.1 Å². The van der Waals surface area contributed by atoms with Crippen LogP contribution in [0.15, 0.2) is 36.7 Å². The Labute approximate surface area is 185 Å². The van der Waals surface area contributed by atoms with Gasteiger partial charge in [-0.25, -0.2) is 10.4 Å². The van der Waals surface area contributed by atoms with Crippen molar-refractivity contribution in [2.45, 2.75) is 39.2 Å². The van der Waals surface area contributed by atoms with E-state index in [-0.39, 0.29) is 11.8 Å². The lowest BCUT2D eigenvalue weighted by Crippen LogP contribution is -2.44. The predicted octanol–water partition coefficient (Wildman–Crippen LogP) is 3.08. The summed E-state index contributed by atoms with van der Waals surface area (Å²) < 4.78 is 0. The number of carbonyl (C=O) groups excluding carboxylic acids is 1. The Morgan fingerprint density at radius 1 is 1.29 bits per heavy atom. The van der Waals surface area contributed by atoms with E-state index in [0.29, 0.717) is 12.4 Å². The third-order valence-electron chi connectivity index (χ3n) is 5.74. The van der Waals surface area contributed by atoms with Gasteiger partial charge >= 0.3 is 0 Å². The van der Waals surface area contributed by atoms with Crippen LogP contribution < -0.4 is 10.7 Å². The predicted molar refractivity (Wildman–Crippen MR) is 126 cm³/mol. The van der Waals surface area contributed by atoms with Gasteiger partial charge in [0.25, 0.3) is 0 Å². The molecule has 0 spiro atoms. The lowest BCUT2D eigenvalue weighted by Gasteiger charge is -2.34. The Morgan fingerprint density at radius 3 is 2.65 bits per heavy atom. The van der Waals surface area contributed by atoms with Gasteiger partial charge in [0.15, 0.2) is 0 Å². The molecule has 2 heterocycles. The molecule has 1 fully saturated rings. The molecule has 3 N–H and O–H groups in total. The van der Waals surface area contributed by atoms with Gasteiger partial charge in [0.2, 0.25) is 5.91 Å². The number of hydrazine groups is 1. The van der Waals surface area contributed by atoms with E-state index in [2.05, 4.69) is 45.7 Å². The number of aromatic nitrogens is 1. The second-order valence-electron chi connectivity index (χ2n) is 9.13. The first-order valence-corrected chi connectivity index (χ1v) is 10.9. The molecule has 1 aliphatic heterocycles. The van der Waals surface area contributed by atoms with Crippen LogP contribution in [0.25, 0.3) is 16.3 Å². The fourth-order valence-corrected chi connectivity index (χ4v) is 4.01. The molecule has 168 valence electrons. The van der Waals surface area contributed by atoms with Gasteiger partial charge in [-0.05, 0) is 75.4 Å². The van der Waals surface area contributed by atoms with Crippen LogP contribution >= 0.6 is 0 Å². The summed E-state index contributed by atoms with van der Waals surface area (Å²) in [7, 11) is 3.83. The van der Waals surface area contributed by atoms with Crippen LogP contribution in [0.2, 0.25) is 0 Å². The van der Waals surface area contributed by atoms with E-state index in [0.717, 1.165) is 47.8 Å². The molecule has 1 aromatic carbocycles. The van der Waals surface area contributed by atoms with Gasteiger partial charge in [-0.15, -0.1) is 0 Å². The standard InChI is InChI=1S/C24H35N5O2/c1-17(15-28(5)25-4)19-6-7-20-14-26-22(13-21(20)12-19)27-23(30)18-8-10-29(11-9-18)16-24(2,3)31/h6-7,12-15,18,25,31H,8-11,16H2,1-5H3,(H,26,27,30)/b17-15+. The molecule has 1 saturated heterocycles. The van der Waals surface area contributed by atoms with E-state index in [4.69, 9.17) is 0 Å². The number of fused-ring (bicyclic) bond motifs is 1. The van der Waals surface area contributed by atoms with Crippen LogP contribution in [0, 0.1) is 5.92 Å². The molecule has 0 bridgehead atoms. The highest BCUT2D eigenvalue weighted by Crippen LogP contribution is 2.24. The number of nitrogens with one attached hydrogen (secondary N) is 2. The summed E-state index contributed by atoms with van der Waals surface area (Å²) in [6, 6.07) is 8.20. The number of carbonyl (C=O) groups is 1. The minimum absolute atomic E-state index is 0.0239. The fourth-order valence-electron chi connectivity index (χ4n) is 4.01. The highest BCUT2D eigenvalue weighted by molar-refractivity contribution is 5.94. The van der Waals surface area contributed by atoms with Crippen molar-refractivity contribution in [2.24, 2.45) is 5.92 Å². The van der Waals surface area contributed by atoms with E-state index in [9.17, 15) is 9.90 Å². The lowest BCUT2D eigenvalue weighted by atomic mass is 9.95. The Kier molecular flexibility index (Phi) is 7.30. The minimum Gasteiger partial charge on any atom is -0.389 e. The van der Waals surface area contributed by atoms with E-state index >= 15 is 0 Å². The average molecular weight is 426 g/mol. The molecular formula is C24H35N5O2. The SMILES string of the molecule is CNN(C)/C=C(\C)c1ccc2cnc(NC(=O)C3CCN(CC(C)(C)O)CC3)cc2c1. The first kappa shape index (κ1) is 23.2. The molecular weight excluding hydrogens is 390 g/mol. The number of hydrogen-bond acceptors (Lipinski definition) is 6. The third-order valence-corrected chi connectivity index (χ3v) is 5.74. The lowest BCUT2D eigenvalue weighted by molar-refractivity contribution is -0.121. The number of rotatable bonds is 7. The van der Waals surface area contributed by atoms with Gasteiger partial charge in [-0.3, -0.25) is 4.79 Å². The second kappa shape index (κ2) is 9.77. The summed E-state index contributed by atoms with van der Waals surface area (Å²) in [6.45, 7) is 7.99. The number of allylic oxidation sites excluding steroid dienone is 1. The summed E-state index contributed by atoms with van der Waals surface area (Å²) in [5.74, 6) is 0.587. The molecule has 2 aromatic rings. The van der Waals surface area contributed by atoms with Gasteiger partial charge in [0, 0.05) is 44.3 Å². The number of piperidine rings is 1. The van der Waals surface area contributed by atoms with E-state index in [1.165, 1.54) is 0 Å². The maximum atomic E-state index is 12.8. The number of likely N-dealkylation sites (tertiary alicyclic amines) is 1. The van der Waals surface area contributed by atoms with E-state index in [1.807, 2.05) is 45.2 Å². The molecule has 0 radical (unpaired) electrons. The van der Waals surface area contributed by atoms with Crippen LogP contribution in [0.3, 0.4) is 0 Å². The summed E-state index contributed by atoms with van der Waals surface area (Å²) >= 11 is 0. The highest BCUT2D eigenvalue weighted by Gasteiger charge is 2.27. The smallest absolute Gasteiger partial charge is 0.228 e. The monoisotopic (exact) mass is 425 g/mol. The van der Waals surface area contributed by atoms with Gasteiger partial charge < -0.3 is 20.3 Å². The number of pyridine rings is 1. The Morgan fingerprint density at radius 2 is 2.00 bits per heavy atom. The van der Waals surface area contributed by atoms with E-state index in [1.54, 1.807) is 6.20 Å². The number of aliphatic hydroxyl groups is 1. The summed E-state index contributed by atoms with van der Waals surface area (Å²) in [5.41, 5.74) is 4.61. The van der Waals surface area contributed by atoms with Gasteiger partial charge in [0.1, 0.15) is 5.82 Å². The molecule has 0 saturated carbocycles. The van der Waals surface area contributed by atoms with Crippen molar-refractivity contribution in [3.63, 3.8) is 0 Å². The molecule has 31 heavy (non-hydrogen) atoms. The molecule has 1 aromatic heterocycles. The summed E-state index contributed by atoms with van der Waals surface area (Å²) in [5, 5.41) is 17.0. The average Bonchev–Trinajstić information content (AvgIpc) is 2.72. The van der Waals surface area contributed by atoms with Crippen LogP contribution in [0.5, 0.6) is 0 Å². The van der Waals surface area contributed by atoms with Crippen molar-refractivity contribution >= 4 is 28.1 Å². The largest absolute Gasteiger partial charge is 0.389 e. The molecule has 1 amide bonds.